The molecule has 0 fully saturated rings. The van der Waals surface area contributed by atoms with E-state index in [0.717, 1.165) is 22.8 Å². The number of halogens is 2. The lowest BCUT2D eigenvalue weighted by Crippen LogP contribution is -2.47. The van der Waals surface area contributed by atoms with Crippen molar-refractivity contribution in [1.29, 1.82) is 0 Å². The first-order valence-electron chi connectivity index (χ1n) is 8.56. The molecule has 0 radical (unpaired) electrons. The molecule has 0 bridgehead atoms. The lowest BCUT2D eigenvalue weighted by Gasteiger charge is -2.15. The topological polar surface area (TPSA) is 115 Å². The van der Waals surface area contributed by atoms with E-state index in [9.17, 15) is 9.59 Å². The summed E-state index contributed by atoms with van der Waals surface area (Å²) in [4.78, 5) is 28.0. The molecule has 156 valence electrons. The van der Waals surface area contributed by atoms with Gasteiger partial charge < -0.3 is 16.4 Å². The molecule has 0 aliphatic rings. The van der Waals surface area contributed by atoms with Crippen molar-refractivity contribution in [1.82, 2.24) is 25.4 Å². The van der Waals surface area contributed by atoms with Gasteiger partial charge in [0.2, 0.25) is 11.8 Å². The third-order valence-corrected chi connectivity index (χ3v) is 3.97. The summed E-state index contributed by atoms with van der Waals surface area (Å²) >= 11 is 0. The van der Waals surface area contributed by atoms with Gasteiger partial charge in [0.15, 0.2) is 5.82 Å². The molecular weight excluding hydrogens is 403 g/mol. The Morgan fingerprint density at radius 1 is 1.18 bits per heavy atom. The zero-order chi connectivity index (χ0) is 19.3. The maximum atomic E-state index is 11.8. The van der Waals surface area contributed by atoms with Crippen LogP contribution in [0.25, 0.3) is 5.82 Å². The lowest BCUT2D eigenvalue weighted by atomic mass is 10.1. The Labute approximate surface area is 177 Å². The van der Waals surface area contributed by atoms with Crippen molar-refractivity contribution in [2.75, 3.05) is 6.54 Å². The number of aryl methyl sites for hydroxylation is 2. The van der Waals surface area contributed by atoms with Crippen LogP contribution in [-0.4, -0.2) is 39.2 Å². The van der Waals surface area contributed by atoms with E-state index in [0.29, 0.717) is 6.54 Å². The van der Waals surface area contributed by atoms with Gasteiger partial charge in [-0.3, -0.25) is 9.59 Å². The second-order valence-corrected chi connectivity index (χ2v) is 6.63. The lowest BCUT2D eigenvalue weighted by molar-refractivity contribution is -0.127. The molecule has 2 rings (SSSR count). The zero-order valence-electron chi connectivity index (χ0n) is 16.4. The van der Waals surface area contributed by atoms with Crippen LogP contribution in [0.5, 0.6) is 0 Å². The molecule has 28 heavy (non-hydrogen) atoms. The van der Waals surface area contributed by atoms with Gasteiger partial charge in [-0.2, -0.15) is 5.10 Å². The summed E-state index contributed by atoms with van der Waals surface area (Å²) in [5.41, 5.74) is 8.52. The summed E-state index contributed by atoms with van der Waals surface area (Å²) in [5.74, 6) is 0.133. The van der Waals surface area contributed by atoms with Crippen molar-refractivity contribution in [3.63, 3.8) is 0 Å². The number of nitrogens with zero attached hydrogens (tertiary/aromatic N) is 3. The highest BCUT2D eigenvalue weighted by molar-refractivity contribution is 5.87. The van der Waals surface area contributed by atoms with Gasteiger partial charge in [-0.25, -0.2) is 9.67 Å². The number of carbonyl (C=O) groups excluding carboxylic acids is 2. The fraction of sp³-hybridized carbons (Fsp3) is 0.444. The van der Waals surface area contributed by atoms with E-state index in [1.807, 2.05) is 45.9 Å². The number of nitrogens with two attached hydrogens (primary N) is 1. The average molecular weight is 431 g/mol. The largest absolute Gasteiger partial charge is 0.350 e. The first-order chi connectivity index (χ1) is 12.3. The molecule has 0 aliphatic carbocycles. The van der Waals surface area contributed by atoms with Gasteiger partial charge in [0, 0.05) is 18.4 Å². The Morgan fingerprint density at radius 3 is 2.36 bits per heavy atom. The van der Waals surface area contributed by atoms with Crippen LogP contribution in [0.4, 0.5) is 0 Å². The highest BCUT2D eigenvalue weighted by atomic mass is 35.5. The summed E-state index contributed by atoms with van der Waals surface area (Å²) in [6, 6.07) is 5.10. The fourth-order valence-electron chi connectivity index (χ4n) is 2.36. The number of pyridine rings is 1. The third kappa shape index (κ3) is 7.10. The molecule has 0 aliphatic heterocycles. The predicted molar refractivity (Wildman–Crippen MR) is 113 cm³/mol. The Balaban J connectivity index is 0.00000364. The molecular formula is C18H28Cl2N6O2. The number of aromatic nitrogens is 3. The number of rotatable bonds is 7. The first-order valence-corrected chi connectivity index (χ1v) is 8.56. The second-order valence-electron chi connectivity index (χ2n) is 6.63. The molecule has 2 heterocycles. The molecule has 2 aromatic heterocycles. The molecule has 4 N–H and O–H groups in total. The van der Waals surface area contributed by atoms with E-state index in [-0.39, 0.29) is 49.1 Å². The minimum Gasteiger partial charge on any atom is -0.350 e. The molecule has 1 atom stereocenters. The van der Waals surface area contributed by atoms with E-state index in [1.54, 1.807) is 10.9 Å². The molecule has 0 saturated heterocycles. The standard InChI is InChI=1S/C18H26N6O2.2ClH/c1-11(2)17(19)18(26)22-10-16(25)21-9-14-5-6-15(20-8-14)24-13(4)7-12(3)23-24;;/h5-8,11,17H,9-10,19H2,1-4H3,(H,21,25)(H,22,26);2*1H/t17-;;/m0../s1. The highest BCUT2D eigenvalue weighted by Gasteiger charge is 2.17. The third-order valence-electron chi connectivity index (χ3n) is 3.97. The Kier molecular flexibility index (Phi) is 10.7. The molecule has 2 amide bonds. The van der Waals surface area contributed by atoms with Gasteiger partial charge in [-0.15, -0.1) is 24.8 Å². The Hall–Kier alpha value is -2.16. The van der Waals surface area contributed by atoms with Gasteiger partial charge in [-0.1, -0.05) is 19.9 Å². The van der Waals surface area contributed by atoms with E-state index >= 15 is 0 Å². The number of carbonyl (C=O) groups is 2. The predicted octanol–water partition coefficient (Wildman–Crippen LogP) is 1.44. The zero-order valence-corrected chi connectivity index (χ0v) is 18.1. The van der Waals surface area contributed by atoms with Crippen molar-refractivity contribution < 1.29 is 9.59 Å². The van der Waals surface area contributed by atoms with E-state index in [1.165, 1.54) is 0 Å². The minimum absolute atomic E-state index is 0. The molecule has 0 unspecified atom stereocenters. The van der Waals surface area contributed by atoms with Crippen molar-refractivity contribution >= 4 is 36.6 Å². The van der Waals surface area contributed by atoms with Crippen molar-refractivity contribution in [3.8, 4) is 5.82 Å². The van der Waals surface area contributed by atoms with Gasteiger partial charge in [0.25, 0.3) is 0 Å². The van der Waals surface area contributed by atoms with Crippen LogP contribution in [0.2, 0.25) is 0 Å². The molecule has 10 heteroatoms. The number of hydrogen-bond donors (Lipinski definition) is 3. The van der Waals surface area contributed by atoms with Crippen LogP contribution in [0.3, 0.4) is 0 Å². The monoisotopic (exact) mass is 430 g/mol. The molecule has 2 aromatic rings. The summed E-state index contributed by atoms with van der Waals surface area (Å²) < 4.78 is 1.77. The number of amides is 2. The van der Waals surface area contributed by atoms with Crippen LogP contribution in [0.15, 0.2) is 24.4 Å². The summed E-state index contributed by atoms with van der Waals surface area (Å²) in [6.45, 7) is 7.83. The SMILES string of the molecule is Cc1cc(C)n(-c2ccc(CNC(=O)CNC(=O)[C@@H](N)C(C)C)cn2)n1.Cl.Cl. The van der Waals surface area contributed by atoms with Gasteiger partial charge in [-0.05, 0) is 37.5 Å². The second kappa shape index (κ2) is 11.6. The van der Waals surface area contributed by atoms with E-state index in [4.69, 9.17) is 5.73 Å². The van der Waals surface area contributed by atoms with Crippen LogP contribution < -0.4 is 16.4 Å². The normalized spacial score (nSPS) is 11.2. The van der Waals surface area contributed by atoms with E-state index < -0.39 is 6.04 Å². The Bertz CT molecular complexity index is 777. The molecule has 8 nitrogen and oxygen atoms in total. The molecule has 0 spiro atoms. The van der Waals surface area contributed by atoms with Crippen LogP contribution >= 0.6 is 24.8 Å². The van der Waals surface area contributed by atoms with Crippen molar-refractivity contribution in [2.24, 2.45) is 11.7 Å². The van der Waals surface area contributed by atoms with Crippen LogP contribution in [0.1, 0.15) is 30.8 Å². The average Bonchev–Trinajstić information content (AvgIpc) is 2.95. The van der Waals surface area contributed by atoms with Crippen molar-refractivity contribution in [3.05, 3.63) is 41.3 Å². The molecule has 0 saturated carbocycles. The minimum atomic E-state index is -0.617. The number of hydrogen-bond acceptors (Lipinski definition) is 5. The van der Waals surface area contributed by atoms with Crippen LogP contribution in [0, 0.1) is 19.8 Å². The van der Waals surface area contributed by atoms with Gasteiger partial charge >= 0.3 is 0 Å². The summed E-state index contributed by atoms with van der Waals surface area (Å²) in [5, 5.41) is 9.66. The van der Waals surface area contributed by atoms with E-state index in [2.05, 4.69) is 20.7 Å². The Morgan fingerprint density at radius 2 is 1.86 bits per heavy atom. The maximum absolute atomic E-state index is 11.8. The maximum Gasteiger partial charge on any atom is 0.239 e. The smallest absolute Gasteiger partial charge is 0.239 e. The number of nitrogens with one attached hydrogen (secondary N) is 2. The van der Waals surface area contributed by atoms with Crippen molar-refractivity contribution in [2.45, 2.75) is 40.3 Å². The molecule has 0 aromatic carbocycles. The quantitative estimate of drug-likeness (QED) is 0.614. The summed E-state index contributed by atoms with van der Waals surface area (Å²) in [7, 11) is 0. The van der Waals surface area contributed by atoms with Crippen LogP contribution in [-0.2, 0) is 16.1 Å². The van der Waals surface area contributed by atoms with Gasteiger partial charge in [0.05, 0.1) is 18.3 Å². The fourth-order valence-corrected chi connectivity index (χ4v) is 2.36. The van der Waals surface area contributed by atoms with Gasteiger partial charge in [0.1, 0.15) is 0 Å². The first kappa shape index (κ1) is 25.8. The highest BCUT2D eigenvalue weighted by Crippen LogP contribution is 2.10. The summed E-state index contributed by atoms with van der Waals surface area (Å²) in [6.07, 6.45) is 1.69.